The molecule has 4 N–H and O–H groups in total. The number of anilines is 1. The number of nitrogens with one attached hydrogen (secondary N) is 1. The molecule has 4 rings (SSSR count). The molecule has 3 aromatic rings. The van der Waals surface area contributed by atoms with Crippen molar-refractivity contribution in [3.8, 4) is 5.75 Å². The fourth-order valence-corrected chi connectivity index (χ4v) is 5.57. The summed E-state index contributed by atoms with van der Waals surface area (Å²) in [6, 6.07) is 18.2. The number of carbonyl (C=O) groups excluding carboxylic acids is 2. The van der Waals surface area contributed by atoms with E-state index in [1.807, 2.05) is 12.1 Å². The highest BCUT2D eigenvalue weighted by Crippen LogP contribution is 2.31. The van der Waals surface area contributed by atoms with Crippen LogP contribution in [0, 0.1) is 11.8 Å². The first-order valence-corrected chi connectivity index (χ1v) is 14.7. The van der Waals surface area contributed by atoms with Crippen molar-refractivity contribution < 1.29 is 24.2 Å². The van der Waals surface area contributed by atoms with Crippen molar-refractivity contribution in [2.75, 3.05) is 5.01 Å². The number of hydrogen-bond acceptors (Lipinski definition) is 5. The Labute approximate surface area is 256 Å². The summed E-state index contributed by atoms with van der Waals surface area (Å²) in [5, 5.41) is 14.6. The van der Waals surface area contributed by atoms with E-state index in [9.17, 15) is 19.5 Å². The lowest BCUT2D eigenvalue weighted by Gasteiger charge is -2.30. The zero-order chi connectivity index (χ0) is 29.5. The van der Waals surface area contributed by atoms with Gasteiger partial charge in [-0.15, -0.1) is 0 Å². The van der Waals surface area contributed by atoms with Gasteiger partial charge in [-0.05, 0) is 79.8 Å². The van der Waals surface area contributed by atoms with Gasteiger partial charge in [0.25, 0.3) is 0 Å². The van der Waals surface area contributed by atoms with Gasteiger partial charge in [-0.1, -0.05) is 57.3 Å². The molecule has 0 aromatic heterocycles. The van der Waals surface area contributed by atoms with Crippen LogP contribution in [0.3, 0.4) is 0 Å². The van der Waals surface area contributed by atoms with Crippen LogP contribution in [0.5, 0.6) is 5.75 Å². The third kappa shape index (κ3) is 8.23. The maximum absolute atomic E-state index is 13.0. The Balaban J connectivity index is 1.27. The minimum Gasteiger partial charge on any atom is -0.489 e. The average molecular weight is 663 g/mol. The number of halogens is 3. The number of benzene rings is 3. The van der Waals surface area contributed by atoms with Crippen molar-refractivity contribution in [3.63, 3.8) is 0 Å². The van der Waals surface area contributed by atoms with Gasteiger partial charge in [-0.25, -0.2) is 15.6 Å². The molecule has 216 valence electrons. The highest BCUT2D eigenvalue weighted by Gasteiger charge is 2.33. The Morgan fingerprint density at radius 1 is 0.951 bits per heavy atom. The second-order valence-electron chi connectivity index (χ2n) is 9.97. The van der Waals surface area contributed by atoms with Crippen molar-refractivity contribution in [1.82, 2.24) is 5.32 Å². The molecule has 0 aliphatic heterocycles. The predicted octanol–water partition coefficient (Wildman–Crippen LogP) is 6.16. The largest absolute Gasteiger partial charge is 0.489 e. The topological polar surface area (TPSA) is 122 Å². The summed E-state index contributed by atoms with van der Waals surface area (Å²) >= 11 is 15.7. The molecule has 0 saturated heterocycles. The Hall–Kier alpha value is -3.11. The zero-order valence-corrected chi connectivity index (χ0v) is 25.2. The van der Waals surface area contributed by atoms with Gasteiger partial charge in [0.1, 0.15) is 18.4 Å². The van der Waals surface area contributed by atoms with E-state index < -0.39 is 12.0 Å². The van der Waals surface area contributed by atoms with E-state index in [4.69, 9.17) is 33.8 Å². The van der Waals surface area contributed by atoms with Crippen LogP contribution in [0.2, 0.25) is 10.0 Å². The number of carboxylic acid groups (broad SMARTS) is 1. The van der Waals surface area contributed by atoms with Crippen LogP contribution in [-0.4, -0.2) is 28.9 Å². The number of hydrogen-bond donors (Lipinski definition) is 3. The smallest absolute Gasteiger partial charge is 0.326 e. The van der Waals surface area contributed by atoms with Gasteiger partial charge in [0.2, 0.25) is 11.8 Å². The SMILES string of the molecule is NN(c1ccc(Br)cc1)C(=O)[C@H]1CC[C@H](C(=O)N[C@@H](Cc2ccc(OCc3c(Cl)cccc3Cl)cc2)C(=O)O)CC1. The molecule has 0 spiro atoms. The van der Waals surface area contributed by atoms with Crippen molar-refractivity contribution >= 4 is 62.6 Å². The number of hydrazine groups is 1. The third-order valence-electron chi connectivity index (χ3n) is 7.21. The number of amides is 2. The van der Waals surface area contributed by atoms with E-state index in [1.165, 1.54) is 0 Å². The van der Waals surface area contributed by atoms with Gasteiger partial charge < -0.3 is 15.2 Å². The van der Waals surface area contributed by atoms with Crippen LogP contribution in [0.15, 0.2) is 71.2 Å². The molecule has 1 atom stereocenters. The molecular weight excluding hydrogens is 633 g/mol. The van der Waals surface area contributed by atoms with Gasteiger partial charge in [0, 0.05) is 38.3 Å². The Kier molecular flexibility index (Phi) is 10.7. The molecule has 1 fully saturated rings. The number of carboxylic acids is 1. The minimum atomic E-state index is -1.12. The Morgan fingerprint density at radius 2 is 1.54 bits per heavy atom. The van der Waals surface area contributed by atoms with E-state index in [0.717, 1.165) is 15.0 Å². The average Bonchev–Trinajstić information content (AvgIpc) is 2.97. The molecule has 3 aromatic carbocycles. The number of nitrogens with zero attached hydrogens (tertiary/aromatic N) is 1. The second-order valence-corrected chi connectivity index (χ2v) is 11.7. The van der Waals surface area contributed by atoms with Crippen LogP contribution in [0.4, 0.5) is 5.69 Å². The van der Waals surface area contributed by atoms with Gasteiger partial charge in [-0.2, -0.15) is 0 Å². The summed E-state index contributed by atoms with van der Waals surface area (Å²) in [7, 11) is 0. The molecule has 41 heavy (non-hydrogen) atoms. The fourth-order valence-electron chi connectivity index (χ4n) is 4.80. The fraction of sp³-hybridized carbons (Fsp3) is 0.300. The van der Waals surface area contributed by atoms with E-state index in [0.29, 0.717) is 52.7 Å². The Bertz CT molecular complexity index is 1360. The van der Waals surface area contributed by atoms with E-state index in [1.54, 1.807) is 54.6 Å². The zero-order valence-electron chi connectivity index (χ0n) is 22.1. The maximum Gasteiger partial charge on any atom is 0.326 e. The highest BCUT2D eigenvalue weighted by molar-refractivity contribution is 9.10. The minimum absolute atomic E-state index is 0.112. The first-order chi connectivity index (χ1) is 19.6. The van der Waals surface area contributed by atoms with Gasteiger partial charge in [0.15, 0.2) is 0 Å². The van der Waals surface area contributed by atoms with Crippen LogP contribution in [0.1, 0.15) is 36.8 Å². The van der Waals surface area contributed by atoms with Crippen molar-refractivity contribution in [2.24, 2.45) is 17.7 Å². The molecule has 11 heteroatoms. The summed E-state index contributed by atoms with van der Waals surface area (Å²) in [5.74, 6) is 4.33. The third-order valence-corrected chi connectivity index (χ3v) is 8.45. The lowest BCUT2D eigenvalue weighted by atomic mass is 9.81. The van der Waals surface area contributed by atoms with Crippen LogP contribution < -0.4 is 20.9 Å². The number of aliphatic carboxylic acids is 1. The van der Waals surface area contributed by atoms with Gasteiger partial charge in [0.05, 0.1) is 5.69 Å². The molecule has 8 nitrogen and oxygen atoms in total. The first kappa shape index (κ1) is 30.8. The van der Waals surface area contributed by atoms with Crippen LogP contribution in [0.25, 0.3) is 0 Å². The summed E-state index contributed by atoms with van der Waals surface area (Å²) in [5.41, 5.74) is 2.00. The molecule has 0 unspecified atom stereocenters. The van der Waals surface area contributed by atoms with Gasteiger partial charge >= 0.3 is 5.97 Å². The lowest BCUT2D eigenvalue weighted by molar-refractivity contribution is -0.142. The van der Waals surface area contributed by atoms with Crippen LogP contribution in [-0.2, 0) is 27.4 Å². The monoisotopic (exact) mass is 661 g/mol. The van der Waals surface area contributed by atoms with Gasteiger partial charge in [-0.3, -0.25) is 9.59 Å². The van der Waals surface area contributed by atoms with Crippen molar-refractivity contribution in [2.45, 2.75) is 44.8 Å². The summed E-state index contributed by atoms with van der Waals surface area (Å²) in [4.78, 5) is 37.8. The molecule has 0 radical (unpaired) electrons. The molecule has 0 heterocycles. The predicted molar refractivity (Wildman–Crippen MR) is 162 cm³/mol. The standard InChI is InChI=1S/C30H30BrCl2N3O5/c31-21-10-12-22(13-11-21)36(34)29(38)20-8-6-19(7-9-20)28(37)35-27(30(39)40)16-18-4-14-23(15-5-18)41-17-24-25(32)2-1-3-26(24)33/h1-5,10-15,19-20,27H,6-9,16-17,34H2,(H,35,37)(H,39,40)/t19-,20-,27-/m0/s1. The Morgan fingerprint density at radius 3 is 2.12 bits per heavy atom. The normalized spacial score (nSPS) is 17.4. The summed E-state index contributed by atoms with van der Waals surface area (Å²) < 4.78 is 6.67. The van der Waals surface area contributed by atoms with E-state index in [2.05, 4.69) is 21.2 Å². The molecule has 0 bridgehead atoms. The molecule has 1 saturated carbocycles. The molecule has 2 amide bonds. The van der Waals surface area contributed by atoms with Crippen LogP contribution >= 0.6 is 39.1 Å². The van der Waals surface area contributed by atoms with Crippen molar-refractivity contribution in [3.05, 3.63) is 92.4 Å². The number of nitrogens with two attached hydrogens (primary N) is 1. The second kappa shape index (κ2) is 14.2. The molecule has 1 aliphatic rings. The quantitative estimate of drug-likeness (QED) is 0.136. The number of ether oxygens (including phenoxy) is 1. The number of carbonyl (C=O) groups is 3. The van der Waals surface area contributed by atoms with E-state index in [-0.39, 0.29) is 36.7 Å². The van der Waals surface area contributed by atoms with E-state index >= 15 is 0 Å². The molecular formula is C30H30BrCl2N3O5. The summed E-state index contributed by atoms with van der Waals surface area (Å²) in [6.07, 6.45) is 2.06. The lowest BCUT2D eigenvalue weighted by Crippen LogP contribution is -2.47. The summed E-state index contributed by atoms with van der Waals surface area (Å²) in [6.45, 7) is 0.188. The van der Waals surface area contributed by atoms with Crippen molar-refractivity contribution in [1.29, 1.82) is 0 Å². The molecule has 1 aliphatic carbocycles. The first-order valence-electron chi connectivity index (χ1n) is 13.1. The maximum atomic E-state index is 13.0. The highest BCUT2D eigenvalue weighted by atomic mass is 79.9. The number of rotatable bonds is 10.